The van der Waals surface area contributed by atoms with Gasteiger partial charge in [0, 0.05) is 11.6 Å². The third-order valence-corrected chi connectivity index (χ3v) is 3.39. The fraction of sp³-hybridized carbons (Fsp3) is 0.235. The number of carbonyl (C=O) groups excluding carboxylic acids is 1. The molecule has 21 heavy (non-hydrogen) atoms. The summed E-state index contributed by atoms with van der Waals surface area (Å²) in [5.74, 6) is 0.661. The highest BCUT2D eigenvalue weighted by molar-refractivity contribution is 6.02. The first-order valence-corrected chi connectivity index (χ1v) is 6.55. The van der Waals surface area contributed by atoms with Crippen LogP contribution in [0.15, 0.2) is 48.5 Å². The summed E-state index contributed by atoms with van der Waals surface area (Å²) in [6.07, 6.45) is 0. The molecule has 0 aliphatic rings. The maximum atomic E-state index is 12.5. The Balaban J connectivity index is 2.45. The summed E-state index contributed by atoms with van der Waals surface area (Å²) in [4.78, 5) is 12.5. The summed E-state index contributed by atoms with van der Waals surface area (Å²) in [5, 5.41) is 10.7. The summed E-state index contributed by atoms with van der Waals surface area (Å²) in [7, 11) is 3.04. The monoisotopic (exact) mass is 286 g/mol. The molecule has 0 aromatic heterocycles. The lowest BCUT2D eigenvalue weighted by molar-refractivity contribution is 0.0391. The molecule has 0 aliphatic heterocycles. The number of Topliss-reactive ketones (excluding diaryl/α,β-unsaturated/α-hetero) is 1. The van der Waals surface area contributed by atoms with Crippen LogP contribution in [0, 0.1) is 0 Å². The molecule has 1 N–H and O–H groups in total. The predicted molar refractivity (Wildman–Crippen MR) is 79.9 cm³/mol. The highest BCUT2D eigenvalue weighted by Crippen LogP contribution is 2.32. The molecule has 1 atom stereocenters. The lowest BCUT2D eigenvalue weighted by Gasteiger charge is -2.23. The van der Waals surface area contributed by atoms with E-state index >= 15 is 0 Å². The summed E-state index contributed by atoms with van der Waals surface area (Å²) in [6, 6.07) is 13.6. The number of hydrogen-bond donors (Lipinski definition) is 1. The van der Waals surface area contributed by atoms with Gasteiger partial charge in [-0.15, -0.1) is 0 Å². The van der Waals surface area contributed by atoms with Crippen LogP contribution in [-0.4, -0.2) is 25.1 Å². The number of aliphatic hydroxyl groups is 1. The molecule has 0 aliphatic carbocycles. The van der Waals surface area contributed by atoms with E-state index in [1.54, 1.807) is 42.5 Å². The van der Waals surface area contributed by atoms with Gasteiger partial charge in [0.1, 0.15) is 17.1 Å². The van der Waals surface area contributed by atoms with E-state index in [-0.39, 0.29) is 5.78 Å². The van der Waals surface area contributed by atoms with Gasteiger partial charge < -0.3 is 14.6 Å². The van der Waals surface area contributed by atoms with Crippen LogP contribution in [0.25, 0.3) is 0 Å². The average Bonchev–Trinajstić information content (AvgIpc) is 2.54. The van der Waals surface area contributed by atoms with Crippen LogP contribution < -0.4 is 9.47 Å². The van der Waals surface area contributed by atoms with Gasteiger partial charge in [0.15, 0.2) is 5.78 Å². The zero-order valence-electron chi connectivity index (χ0n) is 12.3. The van der Waals surface area contributed by atoms with Crippen LogP contribution in [0.3, 0.4) is 0 Å². The Morgan fingerprint density at radius 3 is 2.00 bits per heavy atom. The zero-order chi connectivity index (χ0) is 15.5. The molecule has 0 amide bonds. The Bertz CT molecular complexity index is 610. The van der Waals surface area contributed by atoms with Gasteiger partial charge in [-0.1, -0.05) is 30.3 Å². The Kier molecular flexibility index (Phi) is 4.29. The summed E-state index contributed by atoms with van der Waals surface area (Å²) in [5.41, 5.74) is -0.791. The zero-order valence-corrected chi connectivity index (χ0v) is 12.3. The van der Waals surface area contributed by atoms with Crippen molar-refractivity contribution in [3.8, 4) is 11.5 Å². The lowest BCUT2D eigenvalue weighted by atomic mass is 9.87. The number of methoxy groups -OCH3 is 2. The molecule has 0 heterocycles. The molecule has 2 aromatic carbocycles. The van der Waals surface area contributed by atoms with Crippen molar-refractivity contribution in [1.82, 2.24) is 0 Å². The second-order valence-corrected chi connectivity index (χ2v) is 4.87. The molecule has 0 spiro atoms. The number of rotatable bonds is 5. The van der Waals surface area contributed by atoms with Crippen LogP contribution in [0.4, 0.5) is 0 Å². The van der Waals surface area contributed by atoms with E-state index in [1.807, 2.05) is 6.07 Å². The van der Waals surface area contributed by atoms with Crippen LogP contribution in [0.5, 0.6) is 11.5 Å². The Morgan fingerprint density at radius 1 is 1.00 bits per heavy atom. The van der Waals surface area contributed by atoms with Crippen molar-refractivity contribution in [2.75, 3.05) is 14.2 Å². The van der Waals surface area contributed by atoms with Crippen LogP contribution in [0.2, 0.25) is 0 Å². The van der Waals surface area contributed by atoms with E-state index in [9.17, 15) is 9.90 Å². The van der Waals surface area contributed by atoms with Gasteiger partial charge in [0.05, 0.1) is 14.2 Å². The summed E-state index contributed by atoms with van der Waals surface area (Å²) >= 11 is 0. The van der Waals surface area contributed by atoms with E-state index in [2.05, 4.69) is 0 Å². The number of benzene rings is 2. The molecular formula is C17H18O4. The number of ether oxygens (including phenoxy) is 2. The van der Waals surface area contributed by atoms with Gasteiger partial charge in [-0.25, -0.2) is 0 Å². The second kappa shape index (κ2) is 5.97. The third-order valence-electron chi connectivity index (χ3n) is 3.39. The van der Waals surface area contributed by atoms with Crippen molar-refractivity contribution in [2.45, 2.75) is 12.5 Å². The molecule has 0 radical (unpaired) electrons. The van der Waals surface area contributed by atoms with E-state index in [0.717, 1.165) is 0 Å². The molecule has 110 valence electrons. The first-order chi connectivity index (χ1) is 9.98. The first-order valence-electron chi connectivity index (χ1n) is 6.55. The highest BCUT2D eigenvalue weighted by atomic mass is 16.5. The molecule has 2 rings (SSSR count). The van der Waals surface area contributed by atoms with Crippen LogP contribution >= 0.6 is 0 Å². The normalized spacial score (nSPS) is 13.3. The minimum Gasteiger partial charge on any atom is -0.497 e. The molecule has 2 aromatic rings. The lowest BCUT2D eigenvalue weighted by Crippen LogP contribution is -2.32. The highest BCUT2D eigenvalue weighted by Gasteiger charge is 2.34. The molecule has 0 bridgehead atoms. The Labute approximate surface area is 123 Å². The van der Waals surface area contributed by atoms with Crippen LogP contribution in [0.1, 0.15) is 22.8 Å². The van der Waals surface area contributed by atoms with Gasteiger partial charge in [0.25, 0.3) is 0 Å². The maximum absolute atomic E-state index is 12.5. The molecular weight excluding hydrogens is 268 g/mol. The van der Waals surface area contributed by atoms with Gasteiger partial charge in [-0.3, -0.25) is 4.79 Å². The summed E-state index contributed by atoms with van der Waals surface area (Å²) in [6.45, 7) is 1.47. The van der Waals surface area contributed by atoms with E-state index in [1.165, 1.54) is 21.1 Å². The molecule has 1 unspecified atom stereocenters. The van der Waals surface area contributed by atoms with Crippen molar-refractivity contribution in [3.05, 3.63) is 59.7 Å². The fourth-order valence-electron chi connectivity index (χ4n) is 2.09. The molecule has 0 saturated carbocycles. The minimum absolute atomic E-state index is 0.376. The SMILES string of the molecule is COc1cc(OC)cc(C(C)(O)C(=O)c2ccccc2)c1. The smallest absolute Gasteiger partial charge is 0.198 e. The predicted octanol–water partition coefficient (Wildman–Crippen LogP) is 2.79. The largest absolute Gasteiger partial charge is 0.497 e. The van der Waals surface area contributed by atoms with Gasteiger partial charge in [0.2, 0.25) is 0 Å². The number of ketones is 1. The first kappa shape index (κ1) is 15.1. The summed E-state index contributed by atoms with van der Waals surface area (Å²) < 4.78 is 10.4. The second-order valence-electron chi connectivity index (χ2n) is 4.87. The Morgan fingerprint density at radius 2 is 1.52 bits per heavy atom. The Hall–Kier alpha value is -2.33. The maximum Gasteiger partial charge on any atom is 0.198 e. The van der Waals surface area contributed by atoms with E-state index in [0.29, 0.717) is 22.6 Å². The topological polar surface area (TPSA) is 55.8 Å². The van der Waals surface area contributed by atoms with Crippen molar-refractivity contribution in [2.24, 2.45) is 0 Å². The van der Waals surface area contributed by atoms with Crippen molar-refractivity contribution in [1.29, 1.82) is 0 Å². The van der Waals surface area contributed by atoms with Gasteiger partial charge in [-0.2, -0.15) is 0 Å². The molecule has 4 heteroatoms. The minimum atomic E-state index is -1.66. The third kappa shape index (κ3) is 3.06. The van der Waals surface area contributed by atoms with Crippen molar-refractivity contribution >= 4 is 5.78 Å². The number of hydrogen-bond acceptors (Lipinski definition) is 4. The van der Waals surface area contributed by atoms with Crippen LogP contribution in [-0.2, 0) is 5.60 Å². The van der Waals surface area contributed by atoms with Crippen molar-refractivity contribution in [3.63, 3.8) is 0 Å². The molecule has 0 fully saturated rings. The van der Waals surface area contributed by atoms with Crippen molar-refractivity contribution < 1.29 is 19.4 Å². The van der Waals surface area contributed by atoms with Gasteiger partial charge in [-0.05, 0) is 24.6 Å². The van der Waals surface area contributed by atoms with E-state index < -0.39 is 5.60 Å². The molecule has 4 nitrogen and oxygen atoms in total. The van der Waals surface area contributed by atoms with Gasteiger partial charge >= 0.3 is 0 Å². The van der Waals surface area contributed by atoms with E-state index in [4.69, 9.17) is 9.47 Å². The quantitative estimate of drug-likeness (QED) is 0.859. The standard InChI is InChI=1S/C17H18O4/c1-17(19,16(18)12-7-5-4-6-8-12)13-9-14(20-2)11-15(10-13)21-3/h4-11,19H,1-3H3. The fourth-order valence-corrected chi connectivity index (χ4v) is 2.09. The molecule has 0 saturated heterocycles. The average molecular weight is 286 g/mol. The number of carbonyl (C=O) groups is 1.